The maximum Gasteiger partial charge on any atom is 0.110 e. The number of pyridine rings is 1. The number of hydrogen-bond acceptors (Lipinski definition) is 3. The van der Waals surface area contributed by atoms with Crippen LogP contribution in [0.1, 0.15) is 30.4 Å². The zero-order valence-electron chi connectivity index (χ0n) is 12.5. The Kier molecular flexibility index (Phi) is 3.60. The first kappa shape index (κ1) is 13.6. The van der Waals surface area contributed by atoms with Crippen LogP contribution in [0.4, 0.5) is 5.69 Å². The van der Waals surface area contributed by atoms with Crippen molar-refractivity contribution in [2.24, 2.45) is 0 Å². The van der Waals surface area contributed by atoms with Gasteiger partial charge in [0.25, 0.3) is 0 Å². The Hall–Kier alpha value is -2.36. The van der Waals surface area contributed by atoms with E-state index in [1.54, 1.807) is 0 Å². The van der Waals surface area contributed by atoms with Crippen LogP contribution >= 0.6 is 0 Å². The van der Waals surface area contributed by atoms with Gasteiger partial charge in [-0.1, -0.05) is 13.0 Å². The minimum absolute atomic E-state index is 0.757. The number of hydrogen-bond donors (Lipinski definition) is 1. The highest BCUT2D eigenvalue weighted by atomic mass is 15.1. The van der Waals surface area contributed by atoms with Crippen molar-refractivity contribution in [3.63, 3.8) is 0 Å². The van der Waals surface area contributed by atoms with Crippen molar-refractivity contribution in [3.05, 3.63) is 53.6 Å². The smallest absolute Gasteiger partial charge is 0.110 e. The summed E-state index contributed by atoms with van der Waals surface area (Å²) in [6.07, 6.45) is 3.98. The predicted molar refractivity (Wildman–Crippen MR) is 86.2 cm³/mol. The van der Waals surface area contributed by atoms with E-state index >= 15 is 0 Å². The lowest BCUT2D eigenvalue weighted by Crippen LogP contribution is -2.05. The minimum atomic E-state index is 0.757. The number of anilines is 1. The van der Waals surface area contributed by atoms with Crippen LogP contribution in [0.25, 0.3) is 11.0 Å². The monoisotopic (exact) mass is 280 g/mol. The quantitative estimate of drug-likeness (QED) is 0.746. The average molecular weight is 280 g/mol. The van der Waals surface area contributed by atoms with E-state index < -0.39 is 0 Å². The number of nitrogens with two attached hydrogens (primary N) is 1. The van der Waals surface area contributed by atoms with Crippen molar-refractivity contribution >= 4 is 16.7 Å². The van der Waals surface area contributed by atoms with Gasteiger partial charge in [-0.15, -0.1) is 0 Å². The second-order valence-corrected chi connectivity index (χ2v) is 5.42. The second-order valence-electron chi connectivity index (χ2n) is 5.42. The highest BCUT2D eigenvalue weighted by molar-refractivity contribution is 5.79. The van der Waals surface area contributed by atoms with E-state index in [1.165, 1.54) is 5.56 Å². The van der Waals surface area contributed by atoms with Crippen molar-refractivity contribution in [1.82, 2.24) is 14.5 Å². The van der Waals surface area contributed by atoms with Gasteiger partial charge in [-0.2, -0.15) is 0 Å². The molecule has 3 rings (SSSR count). The molecule has 2 aromatic heterocycles. The largest absolute Gasteiger partial charge is 0.399 e. The lowest BCUT2D eigenvalue weighted by atomic mass is 10.2. The third-order valence-corrected chi connectivity index (χ3v) is 3.64. The summed E-state index contributed by atoms with van der Waals surface area (Å²) in [5.74, 6) is 1.11. The van der Waals surface area contributed by atoms with Gasteiger partial charge in [-0.25, -0.2) is 4.98 Å². The summed E-state index contributed by atoms with van der Waals surface area (Å²) < 4.78 is 2.27. The van der Waals surface area contributed by atoms with E-state index in [4.69, 9.17) is 10.7 Å². The number of fused-ring (bicyclic) bond motifs is 1. The van der Waals surface area contributed by atoms with Gasteiger partial charge in [0.2, 0.25) is 0 Å². The summed E-state index contributed by atoms with van der Waals surface area (Å²) in [7, 11) is 0. The van der Waals surface area contributed by atoms with Gasteiger partial charge in [-0.3, -0.25) is 4.98 Å². The summed E-state index contributed by atoms with van der Waals surface area (Å²) in [4.78, 5) is 9.12. The first-order valence-electron chi connectivity index (χ1n) is 7.33. The molecule has 1 aromatic carbocycles. The number of aryl methyl sites for hydroxylation is 2. The fourth-order valence-electron chi connectivity index (χ4n) is 2.56. The van der Waals surface area contributed by atoms with Crippen LogP contribution in [-0.2, 0) is 13.0 Å². The van der Waals surface area contributed by atoms with Crippen LogP contribution in [0, 0.1) is 6.92 Å². The molecule has 108 valence electrons. The summed E-state index contributed by atoms with van der Waals surface area (Å²) in [5, 5.41) is 0. The number of nitrogens with zero attached hydrogens (tertiary/aromatic N) is 3. The van der Waals surface area contributed by atoms with Gasteiger partial charge in [0.15, 0.2) is 0 Å². The zero-order valence-corrected chi connectivity index (χ0v) is 12.5. The standard InChI is InChI=1S/C17H20N4/c1-3-4-17-20-15-9-14(18)7-8-16(15)21(17)11-13-6-5-12(2)19-10-13/h5-10H,3-4,11,18H2,1-2H3. The lowest BCUT2D eigenvalue weighted by molar-refractivity contribution is 0.719. The number of benzene rings is 1. The maximum absolute atomic E-state index is 5.87. The molecule has 21 heavy (non-hydrogen) atoms. The van der Waals surface area contributed by atoms with Crippen molar-refractivity contribution in [2.75, 3.05) is 5.73 Å². The molecule has 2 heterocycles. The molecule has 0 bridgehead atoms. The van der Waals surface area contributed by atoms with Crippen LogP contribution < -0.4 is 5.73 Å². The fraction of sp³-hybridized carbons (Fsp3) is 0.294. The second kappa shape index (κ2) is 5.56. The molecule has 0 amide bonds. The molecule has 0 saturated heterocycles. The van der Waals surface area contributed by atoms with Crippen molar-refractivity contribution in [3.8, 4) is 0 Å². The van der Waals surface area contributed by atoms with E-state index in [2.05, 4.69) is 28.6 Å². The van der Waals surface area contributed by atoms with Gasteiger partial charge in [0.05, 0.1) is 17.6 Å². The predicted octanol–water partition coefficient (Wildman–Crippen LogP) is 3.32. The Labute approximate surface area is 124 Å². The SMILES string of the molecule is CCCc1nc2cc(N)ccc2n1Cc1ccc(C)nc1. The Morgan fingerprint density at radius 3 is 2.76 bits per heavy atom. The molecular weight excluding hydrogens is 260 g/mol. The zero-order chi connectivity index (χ0) is 14.8. The minimum Gasteiger partial charge on any atom is -0.399 e. The van der Waals surface area contributed by atoms with Crippen LogP contribution in [0.5, 0.6) is 0 Å². The molecule has 0 aliphatic rings. The molecule has 2 N–H and O–H groups in total. The number of aromatic nitrogens is 3. The summed E-state index contributed by atoms with van der Waals surface area (Å²) in [6, 6.07) is 10.1. The van der Waals surface area contributed by atoms with E-state index in [0.717, 1.165) is 47.6 Å². The highest BCUT2D eigenvalue weighted by Crippen LogP contribution is 2.21. The Morgan fingerprint density at radius 1 is 1.19 bits per heavy atom. The maximum atomic E-state index is 5.87. The molecule has 0 radical (unpaired) electrons. The van der Waals surface area contributed by atoms with Crippen molar-refractivity contribution < 1.29 is 0 Å². The Balaban J connectivity index is 2.06. The number of nitrogen functional groups attached to an aromatic ring is 1. The molecule has 3 aromatic rings. The van der Waals surface area contributed by atoms with E-state index in [1.807, 2.05) is 31.3 Å². The van der Waals surface area contributed by atoms with Gasteiger partial charge in [-0.05, 0) is 43.2 Å². The van der Waals surface area contributed by atoms with Gasteiger partial charge < -0.3 is 10.3 Å². The molecular formula is C17H20N4. The van der Waals surface area contributed by atoms with Crippen molar-refractivity contribution in [2.45, 2.75) is 33.2 Å². The molecule has 0 saturated carbocycles. The molecule has 0 aliphatic heterocycles. The third-order valence-electron chi connectivity index (χ3n) is 3.64. The summed E-state index contributed by atoms with van der Waals surface area (Å²) in [5.41, 5.74) is 11.0. The Morgan fingerprint density at radius 2 is 2.05 bits per heavy atom. The number of imidazole rings is 1. The molecule has 4 heteroatoms. The topological polar surface area (TPSA) is 56.7 Å². The van der Waals surface area contributed by atoms with Gasteiger partial charge in [0.1, 0.15) is 5.82 Å². The summed E-state index contributed by atoms with van der Waals surface area (Å²) >= 11 is 0. The van der Waals surface area contributed by atoms with Crippen LogP contribution in [0.3, 0.4) is 0 Å². The molecule has 0 aliphatic carbocycles. The summed E-state index contributed by atoms with van der Waals surface area (Å²) in [6.45, 7) is 4.97. The number of rotatable bonds is 4. The average Bonchev–Trinajstić information content (AvgIpc) is 2.79. The van der Waals surface area contributed by atoms with Crippen LogP contribution in [-0.4, -0.2) is 14.5 Å². The van der Waals surface area contributed by atoms with Crippen LogP contribution in [0.15, 0.2) is 36.5 Å². The van der Waals surface area contributed by atoms with E-state index in [-0.39, 0.29) is 0 Å². The first-order valence-corrected chi connectivity index (χ1v) is 7.33. The molecule has 0 spiro atoms. The molecule has 0 fully saturated rings. The molecule has 0 unspecified atom stereocenters. The molecule has 4 nitrogen and oxygen atoms in total. The van der Waals surface area contributed by atoms with Gasteiger partial charge in [0, 0.05) is 24.0 Å². The highest BCUT2D eigenvalue weighted by Gasteiger charge is 2.11. The normalized spacial score (nSPS) is 11.1. The lowest BCUT2D eigenvalue weighted by Gasteiger charge is -2.09. The Bertz CT molecular complexity index is 756. The van der Waals surface area contributed by atoms with E-state index in [9.17, 15) is 0 Å². The first-order chi connectivity index (χ1) is 10.2. The fourth-order valence-corrected chi connectivity index (χ4v) is 2.56. The van der Waals surface area contributed by atoms with Crippen molar-refractivity contribution in [1.29, 1.82) is 0 Å². The van der Waals surface area contributed by atoms with Gasteiger partial charge >= 0.3 is 0 Å². The third kappa shape index (κ3) is 2.75. The van der Waals surface area contributed by atoms with Crippen LogP contribution in [0.2, 0.25) is 0 Å². The van der Waals surface area contributed by atoms with E-state index in [0.29, 0.717) is 0 Å². The molecule has 0 atom stereocenters.